The predicted molar refractivity (Wildman–Crippen MR) is 107 cm³/mol. The van der Waals surface area contributed by atoms with E-state index in [-0.39, 0.29) is 41.0 Å². The van der Waals surface area contributed by atoms with Crippen molar-refractivity contribution in [3.05, 3.63) is 56.3 Å². The van der Waals surface area contributed by atoms with Gasteiger partial charge >= 0.3 is 11.9 Å². The van der Waals surface area contributed by atoms with Crippen molar-refractivity contribution in [1.29, 1.82) is 5.26 Å². The summed E-state index contributed by atoms with van der Waals surface area (Å²) in [4.78, 5) is 25.5. The third kappa shape index (κ3) is 4.91. The highest BCUT2D eigenvalue weighted by Gasteiger charge is 2.40. The second-order valence-corrected chi connectivity index (χ2v) is 6.78. The number of nitrogens with zero attached hydrogens (tertiary/aromatic N) is 1. The van der Waals surface area contributed by atoms with E-state index in [0.29, 0.717) is 17.0 Å². The van der Waals surface area contributed by atoms with Gasteiger partial charge < -0.3 is 19.5 Å². The first kappa shape index (κ1) is 22.8. The van der Waals surface area contributed by atoms with Crippen LogP contribution in [0.4, 0.5) is 0 Å². The van der Waals surface area contributed by atoms with Crippen LogP contribution in [0.1, 0.15) is 25.3 Å². The number of benzene rings is 1. The molecule has 29 heavy (non-hydrogen) atoms. The standard InChI is InChI=1S/C20H20Cl2N2O5/c1-4-29-20(26)17-14(10-28-9-8-23)24-11(2)15(19(25)27-3)16(17)12-6-5-7-13(21)18(12)22/h5-7,16,24H,4,9-10H2,1-3H3. The van der Waals surface area contributed by atoms with Crippen molar-refractivity contribution >= 4 is 35.1 Å². The zero-order valence-corrected chi connectivity index (χ0v) is 17.7. The number of allylic oxidation sites excluding steroid dienone is 1. The third-order valence-corrected chi connectivity index (χ3v) is 5.08. The Morgan fingerprint density at radius 2 is 1.97 bits per heavy atom. The van der Waals surface area contributed by atoms with E-state index in [9.17, 15) is 9.59 Å². The Morgan fingerprint density at radius 3 is 2.59 bits per heavy atom. The first-order chi connectivity index (χ1) is 13.9. The topological polar surface area (TPSA) is 97.6 Å². The number of nitriles is 1. The lowest BCUT2D eigenvalue weighted by atomic mass is 9.80. The molecule has 1 aromatic carbocycles. The van der Waals surface area contributed by atoms with Gasteiger partial charge in [0, 0.05) is 5.70 Å². The van der Waals surface area contributed by atoms with Crippen molar-refractivity contribution in [2.24, 2.45) is 0 Å². The Kier molecular flexibility index (Phi) is 8.09. The van der Waals surface area contributed by atoms with Crippen LogP contribution >= 0.6 is 23.2 Å². The molecule has 2 rings (SSSR count). The van der Waals surface area contributed by atoms with Gasteiger partial charge in [-0.3, -0.25) is 0 Å². The van der Waals surface area contributed by atoms with E-state index in [1.807, 2.05) is 6.07 Å². The van der Waals surface area contributed by atoms with Gasteiger partial charge in [0.2, 0.25) is 0 Å². The van der Waals surface area contributed by atoms with Crippen molar-refractivity contribution in [1.82, 2.24) is 5.32 Å². The maximum absolute atomic E-state index is 12.9. The van der Waals surface area contributed by atoms with E-state index >= 15 is 0 Å². The number of hydrogen-bond acceptors (Lipinski definition) is 7. The zero-order chi connectivity index (χ0) is 21.6. The molecule has 0 aromatic heterocycles. The Labute approximate surface area is 178 Å². The van der Waals surface area contributed by atoms with Crippen molar-refractivity contribution in [2.45, 2.75) is 19.8 Å². The van der Waals surface area contributed by atoms with E-state index < -0.39 is 17.9 Å². The summed E-state index contributed by atoms with van der Waals surface area (Å²) in [6.45, 7) is 3.23. The molecule has 1 atom stereocenters. The van der Waals surface area contributed by atoms with Gasteiger partial charge in [-0.05, 0) is 25.5 Å². The van der Waals surface area contributed by atoms with Gasteiger partial charge in [0.05, 0.1) is 59.2 Å². The average molecular weight is 439 g/mol. The minimum atomic E-state index is -0.894. The van der Waals surface area contributed by atoms with Gasteiger partial charge in [-0.25, -0.2) is 9.59 Å². The van der Waals surface area contributed by atoms with Crippen LogP contribution in [0, 0.1) is 11.3 Å². The minimum Gasteiger partial charge on any atom is -0.466 e. The van der Waals surface area contributed by atoms with Crippen LogP contribution in [-0.4, -0.2) is 38.9 Å². The number of dihydropyridines is 1. The number of halogens is 2. The Hall–Kier alpha value is -2.53. The lowest BCUT2D eigenvalue weighted by molar-refractivity contribution is -0.139. The normalized spacial score (nSPS) is 16.2. The fraction of sp³-hybridized carbons (Fsp3) is 0.350. The van der Waals surface area contributed by atoms with Gasteiger partial charge in [0.25, 0.3) is 0 Å². The molecule has 0 spiro atoms. The molecule has 1 heterocycles. The number of esters is 2. The number of hydrogen-bond donors (Lipinski definition) is 1. The van der Waals surface area contributed by atoms with E-state index in [0.717, 1.165) is 0 Å². The number of rotatable bonds is 7. The summed E-state index contributed by atoms with van der Waals surface area (Å²) in [5.41, 5.74) is 1.61. The lowest BCUT2D eigenvalue weighted by Crippen LogP contribution is -2.34. The molecule has 0 bridgehead atoms. The molecule has 0 radical (unpaired) electrons. The van der Waals surface area contributed by atoms with Gasteiger partial charge in [-0.2, -0.15) is 5.26 Å². The van der Waals surface area contributed by atoms with Gasteiger partial charge in [0.1, 0.15) is 6.61 Å². The van der Waals surface area contributed by atoms with E-state index in [4.69, 9.17) is 42.7 Å². The summed E-state index contributed by atoms with van der Waals surface area (Å²) in [6.07, 6.45) is 0. The SMILES string of the molecule is CCOC(=O)C1=C(COCC#N)NC(C)=C(C(=O)OC)C1c1cccc(Cl)c1Cl. The smallest absolute Gasteiger partial charge is 0.336 e. The first-order valence-electron chi connectivity index (χ1n) is 8.72. The molecule has 1 N–H and O–H groups in total. The molecular formula is C20H20Cl2N2O5. The summed E-state index contributed by atoms with van der Waals surface area (Å²) >= 11 is 12.6. The molecule has 0 saturated heterocycles. The Morgan fingerprint density at radius 1 is 1.24 bits per heavy atom. The number of ether oxygens (including phenoxy) is 3. The van der Waals surface area contributed by atoms with Gasteiger partial charge in [-0.1, -0.05) is 35.3 Å². The molecule has 1 aromatic rings. The van der Waals surface area contributed by atoms with Crippen molar-refractivity contribution in [3.63, 3.8) is 0 Å². The largest absolute Gasteiger partial charge is 0.466 e. The summed E-state index contributed by atoms with van der Waals surface area (Å²) in [5.74, 6) is -2.17. The molecule has 154 valence electrons. The number of carbonyl (C=O) groups is 2. The van der Waals surface area contributed by atoms with Crippen molar-refractivity contribution in [3.8, 4) is 6.07 Å². The van der Waals surface area contributed by atoms with Crippen molar-refractivity contribution in [2.75, 3.05) is 26.9 Å². The third-order valence-electron chi connectivity index (χ3n) is 4.25. The molecule has 0 aliphatic carbocycles. The first-order valence-corrected chi connectivity index (χ1v) is 9.47. The Balaban J connectivity index is 2.74. The van der Waals surface area contributed by atoms with Gasteiger partial charge in [-0.15, -0.1) is 0 Å². The maximum Gasteiger partial charge on any atom is 0.336 e. The monoisotopic (exact) mass is 438 g/mol. The van der Waals surface area contributed by atoms with E-state index in [2.05, 4.69) is 5.32 Å². The van der Waals surface area contributed by atoms with Crippen molar-refractivity contribution < 1.29 is 23.8 Å². The van der Waals surface area contributed by atoms with Crippen LogP contribution in [0.3, 0.4) is 0 Å². The second-order valence-electron chi connectivity index (χ2n) is 5.99. The number of carbonyl (C=O) groups excluding carboxylic acids is 2. The van der Waals surface area contributed by atoms with Crippen LogP contribution in [0.2, 0.25) is 10.0 Å². The molecule has 7 nitrogen and oxygen atoms in total. The quantitative estimate of drug-likeness (QED) is 0.513. The molecule has 1 aliphatic heterocycles. The van der Waals surface area contributed by atoms with E-state index in [1.54, 1.807) is 32.0 Å². The fourth-order valence-electron chi connectivity index (χ4n) is 3.09. The molecule has 0 amide bonds. The van der Waals surface area contributed by atoms with Crippen LogP contribution in [0.5, 0.6) is 0 Å². The highest BCUT2D eigenvalue weighted by molar-refractivity contribution is 6.42. The van der Waals surface area contributed by atoms with E-state index in [1.165, 1.54) is 7.11 Å². The Bertz CT molecular complexity index is 918. The molecule has 9 heteroatoms. The zero-order valence-electron chi connectivity index (χ0n) is 16.2. The second kappa shape index (κ2) is 10.3. The summed E-state index contributed by atoms with van der Waals surface area (Å²) in [5, 5.41) is 12.2. The molecule has 0 saturated carbocycles. The lowest BCUT2D eigenvalue weighted by Gasteiger charge is -2.31. The van der Waals surface area contributed by atoms with Crippen LogP contribution < -0.4 is 5.32 Å². The predicted octanol–water partition coefficient (Wildman–Crippen LogP) is 3.48. The van der Waals surface area contributed by atoms with Crippen LogP contribution in [0.25, 0.3) is 0 Å². The van der Waals surface area contributed by atoms with Crippen LogP contribution in [0.15, 0.2) is 40.7 Å². The molecule has 1 unspecified atom stereocenters. The molecule has 0 fully saturated rings. The summed E-state index contributed by atoms with van der Waals surface area (Å²) < 4.78 is 15.5. The minimum absolute atomic E-state index is 0.0673. The summed E-state index contributed by atoms with van der Waals surface area (Å²) in [7, 11) is 1.25. The summed E-state index contributed by atoms with van der Waals surface area (Å²) in [6, 6.07) is 6.82. The number of methoxy groups -OCH3 is 1. The highest BCUT2D eigenvalue weighted by atomic mass is 35.5. The van der Waals surface area contributed by atoms with Gasteiger partial charge in [0.15, 0.2) is 0 Å². The highest BCUT2D eigenvalue weighted by Crippen LogP contribution is 2.43. The molecular weight excluding hydrogens is 419 g/mol. The average Bonchev–Trinajstić information content (AvgIpc) is 2.69. The number of nitrogens with one attached hydrogen (secondary N) is 1. The van der Waals surface area contributed by atoms with Crippen LogP contribution in [-0.2, 0) is 23.8 Å². The maximum atomic E-state index is 12.9. The molecule has 1 aliphatic rings. The fourth-order valence-corrected chi connectivity index (χ4v) is 3.51.